The number of ether oxygens (including phenoxy) is 3. The maximum absolute atomic E-state index is 13.3. The zero-order valence-electron chi connectivity index (χ0n) is 25.0. The SMILES string of the molecule is O=C(CCCC[C@@H]1CCSS1)NCCOCCNC(=S)Nc1ccc2c(c1)C(=O)OC21c2ccc(O)cc2Oc2cc(O)ccc21. The second-order valence-corrected chi connectivity index (χ2v) is 14.4. The molecule has 3 aromatic rings. The molecule has 1 fully saturated rings. The lowest BCUT2D eigenvalue weighted by Gasteiger charge is -2.36. The van der Waals surface area contributed by atoms with Crippen LogP contribution in [0.15, 0.2) is 54.6 Å². The number of carbonyl (C=O) groups is 2. The van der Waals surface area contributed by atoms with Gasteiger partial charge >= 0.3 is 5.97 Å². The van der Waals surface area contributed by atoms with Gasteiger partial charge in [-0.3, -0.25) is 4.79 Å². The minimum atomic E-state index is -1.32. The summed E-state index contributed by atoms with van der Waals surface area (Å²) in [5.41, 5.74) is 1.34. The van der Waals surface area contributed by atoms with Gasteiger partial charge in [0.1, 0.15) is 23.0 Å². The smallest absolute Gasteiger partial charge is 0.340 e. The van der Waals surface area contributed by atoms with E-state index in [0.29, 0.717) is 77.3 Å². The maximum Gasteiger partial charge on any atom is 0.340 e. The first-order chi connectivity index (χ1) is 22.3. The molecule has 0 bridgehead atoms. The van der Waals surface area contributed by atoms with Crippen molar-refractivity contribution >= 4 is 56.5 Å². The number of fused-ring (bicyclic) bond motifs is 6. The molecule has 1 atom stereocenters. The van der Waals surface area contributed by atoms with E-state index in [9.17, 15) is 19.8 Å². The number of anilines is 1. The fraction of sp³-hybridized carbons (Fsp3) is 0.364. The molecule has 0 radical (unpaired) electrons. The fourth-order valence-electron chi connectivity index (χ4n) is 5.87. The summed E-state index contributed by atoms with van der Waals surface area (Å²) in [5, 5.41) is 30.4. The van der Waals surface area contributed by atoms with E-state index < -0.39 is 11.6 Å². The number of carbonyl (C=O) groups excluding carboxylic acids is 2. The third kappa shape index (κ3) is 7.02. The highest BCUT2D eigenvalue weighted by Gasteiger charge is 2.53. The van der Waals surface area contributed by atoms with E-state index in [1.165, 1.54) is 42.9 Å². The second kappa shape index (κ2) is 14.4. The Balaban J connectivity index is 0.983. The van der Waals surface area contributed by atoms with Crippen molar-refractivity contribution in [3.05, 3.63) is 76.9 Å². The molecule has 10 nitrogen and oxygen atoms in total. The third-order valence-electron chi connectivity index (χ3n) is 8.04. The number of amides is 1. The van der Waals surface area contributed by atoms with Crippen LogP contribution in [-0.2, 0) is 19.9 Å². The van der Waals surface area contributed by atoms with E-state index in [1.54, 1.807) is 30.3 Å². The minimum Gasteiger partial charge on any atom is -0.508 e. The Labute approximate surface area is 280 Å². The average molecular weight is 682 g/mol. The Bertz CT molecular complexity index is 1580. The molecule has 0 unspecified atom stereocenters. The third-order valence-corrected chi connectivity index (χ3v) is 11.3. The topological polar surface area (TPSA) is 138 Å². The van der Waals surface area contributed by atoms with Gasteiger partial charge in [0.05, 0.1) is 18.8 Å². The Morgan fingerprint density at radius 2 is 1.65 bits per heavy atom. The highest BCUT2D eigenvalue weighted by atomic mass is 33.1. The van der Waals surface area contributed by atoms with Gasteiger partial charge in [0, 0.05) is 65.0 Å². The Morgan fingerprint density at radius 3 is 2.35 bits per heavy atom. The first-order valence-corrected chi connectivity index (χ1v) is 18.0. The van der Waals surface area contributed by atoms with Gasteiger partial charge in [0.15, 0.2) is 10.7 Å². The van der Waals surface area contributed by atoms with Crippen LogP contribution in [0.1, 0.15) is 59.2 Å². The summed E-state index contributed by atoms with van der Waals surface area (Å²) in [7, 11) is 3.93. The van der Waals surface area contributed by atoms with Crippen molar-refractivity contribution in [1.82, 2.24) is 10.6 Å². The number of nitrogens with one attached hydrogen (secondary N) is 3. The molecule has 3 heterocycles. The van der Waals surface area contributed by atoms with Gasteiger partial charge < -0.3 is 40.4 Å². The summed E-state index contributed by atoms with van der Waals surface area (Å²) < 4.78 is 17.7. The van der Waals surface area contributed by atoms with Crippen molar-refractivity contribution in [2.24, 2.45) is 0 Å². The number of aromatic hydroxyl groups is 2. The predicted molar refractivity (Wildman–Crippen MR) is 183 cm³/mol. The summed E-state index contributed by atoms with van der Waals surface area (Å²) in [6.45, 7) is 1.74. The first-order valence-electron chi connectivity index (χ1n) is 15.2. The molecule has 6 rings (SSSR count). The molecule has 13 heteroatoms. The van der Waals surface area contributed by atoms with Crippen LogP contribution < -0.4 is 20.7 Å². The van der Waals surface area contributed by atoms with E-state index >= 15 is 0 Å². The van der Waals surface area contributed by atoms with Gasteiger partial charge in [0.25, 0.3) is 0 Å². The number of hydrogen-bond donors (Lipinski definition) is 5. The number of phenolic OH excluding ortho intramolecular Hbond substituents is 2. The van der Waals surface area contributed by atoms with Crippen LogP contribution in [-0.4, -0.2) is 64.5 Å². The summed E-state index contributed by atoms with van der Waals surface area (Å²) >= 11 is 5.44. The van der Waals surface area contributed by atoms with E-state index in [1.807, 2.05) is 21.6 Å². The van der Waals surface area contributed by atoms with Gasteiger partial charge in [-0.15, -0.1) is 0 Å². The van der Waals surface area contributed by atoms with Gasteiger partial charge in [-0.05, 0) is 67.9 Å². The molecule has 1 amide bonds. The summed E-state index contributed by atoms with van der Waals surface area (Å²) in [6.07, 6.45) is 5.04. The molecule has 242 valence electrons. The molecule has 1 saturated heterocycles. The number of benzene rings is 3. The van der Waals surface area contributed by atoms with Crippen LogP contribution in [0, 0.1) is 0 Å². The first kappa shape index (κ1) is 32.3. The molecule has 3 aromatic carbocycles. The van der Waals surface area contributed by atoms with Crippen LogP contribution in [0.4, 0.5) is 5.69 Å². The van der Waals surface area contributed by atoms with E-state index in [0.717, 1.165) is 18.1 Å². The Morgan fingerprint density at radius 1 is 0.957 bits per heavy atom. The monoisotopic (exact) mass is 681 g/mol. The van der Waals surface area contributed by atoms with Crippen molar-refractivity contribution in [2.75, 3.05) is 37.4 Å². The number of unbranched alkanes of at least 4 members (excludes halogenated alkanes) is 1. The lowest BCUT2D eigenvalue weighted by molar-refractivity contribution is -0.121. The molecule has 46 heavy (non-hydrogen) atoms. The molecule has 0 aromatic heterocycles. The number of hydrogen-bond acceptors (Lipinski definition) is 10. The van der Waals surface area contributed by atoms with Crippen LogP contribution in [0.5, 0.6) is 23.0 Å². The summed E-state index contributed by atoms with van der Waals surface area (Å²) in [6, 6.07) is 14.6. The molecular formula is C33H35N3O7S3. The number of esters is 1. The zero-order chi connectivity index (χ0) is 32.1. The largest absolute Gasteiger partial charge is 0.508 e. The zero-order valence-corrected chi connectivity index (χ0v) is 27.5. The van der Waals surface area contributed by atoms with Crippen LogP contribution in [0.3, 0.4) is 0 Å². The lowest BCUT2D eigenvalue weighted by atomic mass is 9.77. The second-order valence-electron chi connectivity index (χ2n) is 11.2. The van der Waals surface area contributed by atoms with Crippen LogP contribution >= 0.6 is 33.8 Å². The van der Waals surface area contributed by atoms with Gasteiger partial charge in [0.2, 0.25) is 5.91 Å². The quantitative estimate of drug-likeness (QED) is 0.0684. The highest BCUT2D eigenvalue weighted by molar-refractivity contribution is 8.77. The van der Waals surface area contributed by atoms with E-state index in [2.05, 4.69) is 16.0 Å². The number of phenols is 2. The average Bonchev–Trinajstić information content (AvgIpc) is 3.65. The molecule has 0 saturated carbocycles. The van der Waals surface area contributed by atoms with Crippen molar-refractivity contribution in [1.29, 1.82) is 0 Å². The fourth-order valence-corrected chi connectivity index (χ4v) is 9.12. The Hall–Kier alpha value is -3.65. The van der Waals surface area contributed by atoms with Crippen molar-refractivity contribution in [2.45, 2.75) is 43.0 Å². The van der Waals surface area contributed by atoms with Crippen molar-refractivity contribution < 1.29 is 34.0 Å². The molecule has 5 N–H and O–H groups in total. The molecule has 0 aliphatic carbocycles. The van der Waals surface area contributed by atoms with Crippen molar-refractivity contribution in [3.8, 4) is 23.0 Å². The highest BCUT2D eigenvalue weighted by Crippen LogP contribution is 2.57. The van der Waals surface area contributed by atoms with E-state index in [4.69, 9.17) is 26.4 Å². The molecule has 3 aliphatic heterocycles. The summed E-state index contributed by atoms with van der Waals surface area (Å²) in [5.74, 6) is 1.40. The van der Waals surface area contributed by atoms with Crippen LogP contribution in [0.2, 0.25) is 0 Å². The molecular weight excluding hydrogens is 647 g/mol. The van der Waals surface area contributed by atoms with Crippen molar-refractivity contribution in [3.63, 3.8) is 0 Å². The minimum absolute atomic E-state index is 0.00571. The Kier molecular flexibility index (Phi) is 10.1. The maximum atomic E-state index is 13.3. The van der Waals surface area contributed by atoms with Gasteiger partial charge in [-0.25, -0.2) is 4.79 Å². The lowest BCUT2D eigenvalue weighted by Crippen LogP contribution is -2.33. The number of thiocarbonyl (C=S) groups is 1. The normalized spacial score (nSPS) is 17.0. The van der Waals surface area contributed by atoms with Crippen LogP contribution in [0.25, 0.3) is 0 Å². The molecule has 3 aliphatic rings. The number of rotatable bonds is 12. The predicted octanol–water partition coefficient (Wildman–Crippen LogP) is 5.80. The van der Waals surface area contributed by atoms with Gasteiger partial charge in [-0.1, -0.05) is 34.1 Å². The molecule has 1 spiro atoms. The van der Waals surface area contributed by atoms with E-state index in [-0.39, 0.29) is 17.4 Å². The van der Waals surface area contributed by atoms with Gasteiger partial charge in [-0.2, -0.15) is 0 Å². The standard InChI is InChI=1S/C33H35N3O7S3/c37-21-6-9-26-28(18-21)42-29-19-22(38)7-10-27(29)33(26)25-8-5-20(17-24(25)31(40)43-33)36-32(44)35-13-15-41-14-12-34-30(39)4-2-1-3-23-11-16-45-46-23/h5-10,17-19,23,37-38H,1-4,11-16H2,(H,34,39)(H2,35,36,44)/t23-/m1/s1. The summed E-state index contributed by atoms with van der Waals surface area (Å²) in [4.78, 5) is 25.3.